The van der Waals surface area contributed by atoms with Gasteiger partial charge in [-0.1, -0.05) is 29.8 Å². The standard InChI is InChI=1S/C29H37N3O4/c1-5-35-24-11-9-22(10-12-24)27-18-26(25-17-20(3)7-8-21(25)4)30-32(27)28(33)19-31-15-13-23(14-16-31)29(34)36-6-2/h7-12,17,23,27H,5-6,13-16,18-19H2,1-4H3. The third-order valence-corrected chi connectivity index (χ3v) is 7.01. The van der Waals surface area contributed by atoms with Crippen LogP contribution in [-0.2, 0) is 14.3 Å². The highest BCUT2D eigenvalue weighted by Crippen LogP contribution is 2.35. The summed E-state index contributed by atoms with van der Waals surface area (Å²) in [5, 5.41) is 6.55. The van der Waals surface area contributed by atoms with Gasteiger partial charge in [0, 0.05) is 12.0 Å². The van der Waals surface area contributed by atoms with Gasteiger partial charge in [-0.3, -0.25) is 14.5 Å². The molecular weight excluding hydrogens is 454 g/mol. The average molecular weight is 492 g/mol. The molecule has 0 bridgehead atoms. The molecule has 1 atom stereocenters. The van der Waals surface area contributed by atoms with Crippen LogP contribution in [0, 0.1) is 19.8 Å². The van der Waals surface area contributed by atoms with Crippen molar-refractivity contribution in [3.63, 3.8) is 0 Å². The molecule has 7 heteroatoms. The van der Waals surface area contributed by atoms with Crippen molar-refractivity contribution in [3.05, 3.63) is 64.7 Å². The van der Waals surface area contributed by atoms with Crippen molar-refractivity contribution in [3.8, 4) is 5.75 Å². The lowest BCUT2D eigenvalue weighted by Crippen LogP contribution is -2.43. The van der Waals surface area contributed by atoms with E-state index in [1.54, 1.807) is 5.01 Å². The number of carbonyl (C=O) groups is 2. The largest absolute Gasteiger partial charge is 0.494 e. The summed E-state index contributed by atoms with van der Waals surface area (Å²) in [6.45, 7) is 10.6. The Morgan fingerprint density at radius 1 is 1.00 bits per heavy atom. The van der Waals surface area contributed by atoms with E-state index in [9.17, 15) is 9.59 Å². The first-order valence-corrected chi connectivity index (χ1v) is 13.0. The van der Waals surface area contributed by atoms with E-state index in [0.29, 0.717) is 45.6 Å². The number of aryl methyl sites for hydroxylation is 2. The van der Waals surface area contributed by atoms with Crippen molar-refractivity contribution in [1.29, 1.82) is 0 Å². The van der Waals surface area contributed by atoms with Gasteiger partial charge in [0.1, 0.15) is 5.75 Å². The summed E-state index contributed by atoms with van der Waals surface area (Å²) in [6.07, 6.45) is 2.09. The molecule has 0 saturated carbocycles. The molecule has 1 fully saturated rings. The molecule has 0 aliphatic carbocycles. The van der Waals surface area contributed by atoms with E-state index in [2.05, 4.69) is 36.9 Å². The van der Waals surface area contributed by atoms with Crippen LogP contribution in [0.4, 0.5) is 0 Å². The van der Waals surface area contributed by atoms with Crippen molar-refractivity contribution in [2.45, 2.75) is 53.0 Å². The molecule has 2 heterocycles. The zero-order valence-corrected chi connectivity index (χ0v) is 21.8. The summed E-state index contributed by atoms with van der Waals surface area (Å²) in [7, 11) is 0. The highest BCUT2D eigenvalue weighted by atomic mass is 16.5. The number of rotatable bonds is 8. The van der Waals surface area contributed by atoms with Gasteiger partial charge in [0.15, 0.2) is 0 Å². The van der Waals surface area contributed by atoms with Crippen LogP contribution in [-0.4, -0.2) is 60.3 Å². The smallest absolute Gasteiger partial charge is 0.309 e. The molecule has 0 aromatic heterocycles. The average Bonchev–Trinajstić information content (AvgIpc) is 3.32. The van der Waals surface area contributed by atoms with Crippen molar-refractivity contribution in [1.82, 2.24) is 9.91 Å². The molecule has 7 nitrogen and oxygen atoms in total. The zero-order valence-electron chi connectivity index (χ0n) is 21.8. The van der Waals surface area contributed by atoms with E-state index in [-0.39, 0.29) is 30.4 Å². The lowest BCUT2D eigenvalue weighted by atomic mass is 9.95. The van der Waals surface area contributed by atoms with Gasteiger partial charge in [-0.15, -0.1) is 0 Å². The van der Waals surface area contributed by atoms with Gasteiger partial charge in [-0.2, -0.15) is 5.10 Å². The van der Waals surface area contributed by atoms with Crippen LogP contribution in [0.3, 0.4) is 0 Å². The summed E-state index contributed by atoms with van der Waals surface area (Å²) in [4.78, 5) is 27.8. The van der Waals surface area contributed by atoms with Crippen molar-refractivity contribution in [2.75, 3.05) is 32.8 Å². The summed E-state index contributed by atoms with van der Waals surface area (Å²) in [5.41, 5.74) is 5.39. The predicted octanol–water partition coefficient (Wildman–Crippen LogP) is 4.65. The normalized spacial score (nSPS) is 18.7. The molecule has 2 aromatic carbocycles. The number of ether oxygens (including phenoxy) is 2. The zero-order chi connectivity index (χ0) is 25.7. The molecule has 0 spiro atoms. The number of piperidine rings is 1. The Hall–Kier alpha value is -3.19. The maximum atomic E-state index is 13.6. The molecule has 1 unspecified atom stereocenters. The molecule has 1 amide bonds. The molecule has 2 aliphatic heterocycles. The second-order valence-electron chi connectivity index (χ2n) is 9.63. The second kappa shape index (κ2) is 11.7. The first-order chi connectivity index (χ1) is 17.4. The van der Waals surface area contributed by atoms with Gasteiger partial charge < -0.3 is 9.47 Å². The van der Waals surface area contributed by atoms with E-state index in [1.807, 2.05) is 38.1 Å². The summed E-state index contributed by atoms with van der Waals surface area (Å²) >= 11 is 0. The van der Waals surface area contributed by atoms with Crippen LogP contribution >= 0.6 is 0 Å². The van der Waals surface area contributed by atoms with Crippen LogP contribution in [0.15, 0.2) is 47.6 Å². The Morgan fingerprint density at radius 3 is 2.39 bits per heavy atom. The summed E-state index contributed by atoms with van der Waals surface area (Å²) in [5.74, 6) is 0.594. The molecule has 192 valence electrons. The fourth-order valence-electron chi connectivity index (χ4n) is 5.01. The third kappa shape index (κ3) is 5.95. The van der Waals surface area contributed by atoms with Crippen LogP contribution in [0.25, 0.3) is 0 Å². The van der Waals surface area contributed by atoms with E-state index >= 15 is 0 Å². The van der Waals surface area contributed by atoms with Crippen molar-refractivity contribution < 1.29 is 19.1 Å². The summed E-state index contributed by atoms with van der Waals surface area (Å²) < 4.78 is 10.8. The Labute approximate surface area is 214 Å². The third-order valence-electron chi connectivity index (χ3n) is 7.01. The minimum atomic E-state index is -0.167. The highest BCUT2D eigenvalue weighted by Gasteiger charge is 2.35. The van der Waals surface area contributed by atoms with Gasteiger partial charge in [0.2, 0.25) is 0 Å². The van der Waals surface area contributed by atoms with Crippen molar-refractivity contribution in [2.24, 2.45) is 11.0 Å². The van der Waals surface area contributed by atoms with Crippen LogP contribution in [0.2, 0.25) is 0 Å². The van der Waals surface area contributed by atoms with E-state index in [1.165, 1.54) is 5.56 Å². The molecule has 36 heavy (non-hydrogen) atoms. The number of hydrogen-bond donors (Lipinski definition) is 0. The van der Waals surface area contributed by atoms with Crippen LogP contribution in [0.5, 0.6) is 5.75 Å². The molecular formula is C29H37N3O4. The molecule has 4 rings (SSSR count). The van der Waals surface area contributed by atoms with Gasteiger partial charge >= 0.3 is 5.97 Å². The maximum absolute atomic E-state index is 13.6. The number of nitrogens with zero attached hydrogens (tertiary/aromatic N) is 3. The quantitative estimate of drug-likeness (QED) is 0.503. The fourth-order valence-corrected chi connectivity index (χ4v) is 5.01. The number of benzene rings is 2. The SMILES string of the molecule is CCOC(=O)C1CCN(CC(=O)N2N=C(c3cc(C)ccc3C)CC2c2ccc(OCC)cc2)CC1. The van der Waals surface area contributed by atoms with Crippen LogP contribution < -0.4 is 4.74 Å². The minimum Gasteiger partial charge on any atom is -0.494 e. The monoisotopic (exact) mass is 491 g/mol. The van der Waals surface area contributed by atoms with E-state index in [0.717, 1.165) is 28.2 Å². The van der Waals surface area contributed by atoms with E-state index in [4.69, 9.17) is 14.6 Å². The second-order valence-corrected chi connectivity index (χ2v) is 9.63. The van der Waals surface area contributed by atoms with Gasteiger partial charge in [-0.25, -0.2) is 5.01 Å². The van der Waals surface area contributed by atoms with Gasteiger partial charge in [0.05, 0.1) is 37.4 Å². The predicted molar refractivity (Wildman–Crippen MR) is 140 cm³/mol. The van der Waals surface area contributed by atoms with Gasteiger partial charge in [-0.05, 0) is 83.0 Å². The highest BCUT2D eigenvalue weighted by molar-refractivity contribution is 6.04. The summed E-state index contributed by atoms with van der Waals surface area (Å²) in [6, 6.07) is 14.2. The minimum absolute atomic E-state index is 0.0243. The molecule has 2 aliphatic rings. The molecule has 0 radical (unpaired) electrons. The number of likely N-dealkylation sites (tertiary alicyclic amines) is 1. The Morgan fingerprint density at radius 2 is 1.72 bits per heavy atom. The number of carbonyl (C=O) groups excluding carboxylic acids is 2. The van der Waals surface area contributed by atoms with Crippen LogP contribution in [0.1, 0.15) is 61.4 Å². The van der Waals surface area contributed by atoms with Crippen molar-refractivity contribution >= 4 is 17.6 Å². The lowest BCUT2D eigenvalue weighted by molar-refractivity contribution is -0.149. The Balaban J connectivity index is 1.52. The Bertz CT molecular complexity index is 1100. The first-order valence-electron chi connectivity index (χ1n) is 13.0. The number of amides is 1. The first kappa shape index (κ1) is 25.9. The fraction of sp³-hybridized carbons (Fsp3) is 0.483. The van der Waals surface area contributed by atoms with Gasteiger partial charge in [0.25, 0.3) is 5.91 Å². The number of esters is 1. The van der Waals surface area contributed by atoms with E-state index < -0.39 is 0 Å². The molecule has 2 aromatic rings. The Kier molecular flexibility index (Phi) is 8.41. The molecule has 0 N–H and O–H groups in total. The lowest BCUT2D eigenvalue weighted by Gasteiger charge is -2.32. The number of hydrogen-bond acceptors (Lipinski definition) is 6. The maximum Gasteiger partial charge on any atom is 0.309 e. The topological polar surface area (TPSA) is 71.4 Å². The molecule has 1 saturated heterocycles. The number of hydrazone groups is 1.